The van der Waals surface area contributed by atoms with Gasteiger partial charge in [-0.1, -0.05) is 0 Å². The molecule has 0 aliphatic heterocycles. The molecule has 0 aliphatic carbocycles. The largest absolute Gasteiger partial charge is 0.389 e. The molecular formula is C7H14NO4. The van der Waals surface area contributed by atoms with Crippen LogP contribution in [0.1, 0.15) is 6.92 Å². The van der Waals surface area contributed by atoms with Gasteiger partial charge in [-0.05, 0) is 6.92 Å². The first kappa shape index (κ1) is 11.4. The Morgan fingerprint density at radius 3 is 2.83 bits per heavy atom. The zero-order valence-electron chi connectivity index (χ0n) is 7.06. The number of aliphatic hydroxyl groups excluding tert-OH is 2. The summed E-state index contributed by atoms with van der Waals surface area (Å²) in [6.07, 6.45) is -0.763. The average molecular weight is 176 g/mol. The fourth-order valence-corrected chi connectivity index (χ4v) is 0.564. The Hall–Kier alpha value is -0.650. The van der Waals surface area contributed by atoms with Crippen molar-refractivity contribution in [3.8, 4) is 0 Å². The highest BCUT2D eigenvalue weighted by Gasteiger charge is 2.07. The van der Waals surface area contributed by atoms with E-state index in [1.807, 2.05) is 6.92 Å². The van der Waals surface area contributed by atoms with E-state index < -0.39 is 18.6 Å². The average Bonchev–Trinajstić information content (AvgIpc) is 2.10. The van der Waals surface area contributed by atoms with Crippen molar-refractivity contribution in [1.82, 2.24) is 5.32 Å². The van der Waals surface area contributed by atoms with Crippen LogP contribution in [0.5, 0.6) is 0 Å². The smallest absolute Gasteiger partial charge is 0.266 e. The van der Waals surface area contributed by atoms with Gasteiger partial charge in [0, 0.05) is 6.61 Å². The van der Waals surface area contributed by atoms with E-state index in [-0.39, 0.29) is 13.2 Å². The number of hydrogen-bond donors (Lipinski definition) is 2. The molecule has 0 rings (SSSR count). The summed E-state index contributed by atoms with van der Waals surface area (Å²) in [5, 5.41) is 20.7. The van der Waals surface area contributed by atoms with E-state index in [1.54, 1.807) is 0 Å². The highest BCUT2D eigenvalue weighted by atomic mass is 16.5. The quantitative estimate of drug-likeness (QED) is 0.516. The number of hydrogen-bond acceptors (Lipinski definition) is 4. The second-order valence-electron chi connectivity index (χ2n) is 2.21. The fourth-order valence-electron chi connectivity index (χ4n) is 0.564. The standard InChI is InChI=1S/C7H14NO4/c1-2-12-5-6(10)3-8-7(11)4-9/h6,9-10H,2-5H2,1H3. The molecule has 0 saturated heterocycles. The summed E-state index contributed by atoms with van der Waals surface area (Å²) in [5.74, 6) is -0.620. The Kier molecular flexibility index (Phi) is 6.64. The lowest BCUT2D eigenvalue weighted by molar-refractivity contribution is -0.124. The summed E-state index contributed by atoms with van der Waals surface area (Å²) in [6.45, 7) is 1.87. The minimum absolute atomic E-state index is 0.0145. The van der Waals surface area contributed by atoms with Crippen LogP contribution in [0, 0.1) is 0 Å². The third-order valence-electron chi connectivity index (χ3n) is 1.13. The van der Waals surface area contributed by atoms with Crippen molar-refractivity contribution in [2.45, 2.75) is 13.0 Å². The molecule has 5 heteroatoms. The van der Waals surface area contributed by atoms with Crippen molar-refractivity contribution in [3.05, 3.63) is 0 Å². The molecule has 0 aromatic carbocycles. The van der Waals surface area contributed by atoms with Gasteiger partial charge in [-0.2, -0.15) is 0 Å². The van der Waals surface area contributed by atoms with Gasteiger partial charge >= 0.3 is 0 Å². The number of rotatable bonds is 6. The Balaban J connectivity index is 3.30. The molecule has 1 unspecified atom stereocenters. The fraction of sp³-hybridized carbons (Fsp3) is 0.857. The highest BCUT2D eigenvalue weighted by Crippen LogP contribution is 1.84. The second kappa shape index (κ2) is 7.02. The van der Waals surface area contributed by atoms with Gasteiger partial charge in [0.15, 0.2) is 0 Å². The van der Waals surface area contributed by atoms with Gasteiger partial charge in [-0.15, -0.1) is 0 Å². The van der Waals surface area contributed by atoms with Crippen LogP contribution in [0.2, 0.25) is 0 Å². The van der Waals surface area contributed by atoms with Gasteiger partial charge in [-0.3, -0.25) is 4.79 Å². The first-order valence-corrected chi connectivity index (χ1v) is 3.77. The van der Waals surface area contributed by atoms with E-state index in [0.29, 0.717) is 6.61 Å². The van der Waals surface area contributed by atoms with Crippen molar-refractivity contribution >= 4 is 5.91 Å². The lowest BCUT2D eigenvalue weighted by atomic mass is 10.4. The minimum atomic E-state index is -0.763. The molecule has 0 aromatic rings. The van der Waals surface area contributed by atoms with Crippen LogP contribution in [-0.2, 0) is 9.53 Å². The van der Waals surface area contributed by atoms with E-state index in [0.717, 1.165) is 0 Å². The maximum Gasteiger partial charge on any atom is 0.266 e. The van der Waals surface area contributed by atoms with Gasteiger partial charge < -0.3 is 14.9 Å². The molecule has 2 N–H and O–H groups in total. The van der Waals surface area contributed by atoms with Crippen molar-refractivity contribution in [3.63, 3.8) is 0 Å². The predicted molar refractivity (Wildman–Crippen MR) is 41.6 cm³/mol. The highest BCUT2D eigenvalue weighted by molar-refractivity contribution is 5.76. The van der Waals surface area contributed by atoms with Crippen molar-refractivity contribution in [1.29, 1.82) is 0 Å². The van der Waals surface area contributed by atoms with Gasteiger partial charge in [0.25, 0.3) is 5.91 Å². The number of carbonyl (C=O) groups excluding carboxylic acids is 1. The van der Waals surface area contributed by atoms with Crippen LogP contribution in [0.3, 0.4) is 0 Å². The molecule has 0 fully saturated rings. The topological polar surface area (TPSA) is 80.9 Å². The normalized spacial score (nSPS) is 12.6. The maximum atomic E-state index is 10.4. The number of nitrogens with zero attached hydrogens (tertiary/aromatic N) is 1. The summed E-state index contributed by atoms with van der Waals surface area (Å²) in [7, 11) is 0. The SMILES string of the molecule is CCOCC(O)C[N]C(=O)CO. The molecule has 1 amide bonds. The van der Waals surface area contributed by atoms with Crippen LogP contribution >= 0.6 is 0 Å². The lowest BCUT2D eigenvalue weighted by Crippen LogP contribution is -2.30. The van der Waals surface area contributed by atoms with Crippen LogP contribution in [0.4, 0.5) is 0 Å². The molecule has 0 spiro atoms. The van der Waals surface area contributed by atoms with Crippen molar-refractivity contribution in [2.24, 2.45) is 0 Å². The van der Waals surface area contributed by atoms with Crippen LogP contribution in [-0.4, -0.2) is 48.6 Å². The third kappa shape index (κ3) is 6.09. The monoisotopic (exact) mass is 176 g/mol. The van der Waals surface area contributed by atoms with Crippen LogP contribution < -0.4 is 5.32 Å². The van der Waals surface area contributed by atoms with Crippen molar-refractivity contribution in [2.75, 3.05) is 26.4 Å². The Bertz CT molecular complexity index is 129. The van der Waals surface area contributed by atoms with E-state index in [4.69, 9.17) is 14.9 Å². The first-order chi connectivity index (χ1) is 5.70. The zero-order valence-corrected chi connectivity index (χ0v) is 7.06. The Morgan fingerprint density at radius 2 is 2.33 bits per heavy atom. The second-order valence-corrected chi connectivity index (χ2v) is 2.21. The van der Waals surface area contributed by atoms with E-state index in [9.17, 15) is 4.79 Å². The number of carbonyl (C=O) groups is 1. The van der Waals surface area contributed by atoms with E-state index in [2.05, 4.69) is 5.32 Å². The maximum absolute atomic E-state index is 10.4. The van der Waals surface area contributed by atoms with Crippen molar-refractivity contribution < 1.29 is 19.7 Å². The zero-order chi connectivity index (χ0) is 9.40. The third-order valence-corrected chi connectivity index (χ3v) is 1.13. The van der Waals surface area contributed by atoms with E-state index >= 15 is 0 Å². The molecule has 5 nitrogen and oxygen atoms in total. The number of amides is 1. The predicted octanol–water partition coefficient (Wildman–Crippen LogP) is -1.49. The summed E-state index contributed by atoms with van der Waals surface area (Å²) in [6, 6.07) is 0. The van der Waals surface area contributed by atoms with Gasteiger partial charge in [-0.25, -0.2) is 5.32 Å². The molecule has 0 aliphatic rings. The summed E-state index contributed by atoms with van der Waals surface area (Å²) in [4.78, 5) is 10.4. The molecular weight excluding hydrogens is 162 g/mol. The van der Waals surface area contributed by atoms with Gasteiger partial charge in [0.1, 0.15) is 6.61 Å². The lowest BCUT2D eigenvalue weighted by Gasteiger charge is -2.08. The van der Waals surface area contributed by atoms with Crippen LogP contribution in [0.15, 0.2) is 0 Å². The molecule has 0 saturated carbocycles. The summed E-state index contributed by atoms with van der Waals surface area (Å²) >= 11 is 0. The summed E-state index contributed by atoms with van der Waals surface area (Å²) < 4.78 is 4.88. The molecule has 0 aromatic heterocycles. The minimum Gasteiger partial charge on any atom is -0.389 e. The molecule has 12 heavy (non-hydrogen) atoms. The van der Waals surface area contributed by atoms with Crippen LogP contribution in [0.25, 0.3) is 0 Å². The Labute approximate surface area is 71.3 Å². The molecule has 0 bridgehead atoms. The number of ether oxygens (including phenoxy) is 1. The molecule has 71 valence electrons. The molecule has 1 atom stereocenters. The van der Waals surface area contributed by atoms with Gasteiger partial charge in [0.05, 0.1) is 19.3 Å². The molecule has 1 radical (unpaired) electrons. The van der Waals surface area contributed by atoms with Gasteiger partial charge in [0.2, 0.25) is 0 Å². The molecule has 0 heterocycles. The number of aliphatic hydroxyl groups is 2. The van der Waals surface area contributed by atoms with E-state index in [1.165, 1.54) is 0 Å². The first-order valence-electron chi connectivity index (χ1n) is 3.77. The Morgan fingerprint density at radius 1 is 1.67 bits per heavy atom. The summed E-state index contributed by atoms with van der Waals surface area (Å²) in [5.41, 5.74) is 0.